The number of likely N-dealkylation sites (N-methyl/N-ethyl adjacent to an activating group) is 1. The molecule has 0 aliphatic rings. The third-order valence-corrected chi connectivity index (χ3v) is 3.32. The van der Waals surface area contributed by atoms with Crippen molar-refractivity contribution in [2.24, 2.45) is 0 Å². The zero-order valence-corrected chi connectivity index (χ0v) is 12.5. The van der Waals surface area contributed by atoms with Gasteiger partial charge < -0.3 is 15.3 Å². The molecule has 1 aromatic heterocycles. The van der Waals surface area contributed by atoms with Crippen LogP contribution >= 0.6 is 0 Å². The summed E-state index contributed by atoms with van der Waals surface area (Å²) in [5, 5.41) is 12.8. The summed E-state index contributed by atoms with van der Waals surface area (Å²) in [4.78, 5) is 17.7. The lowest BCUT2D eigenvalue weighted by Crippen LogP contribution is -2.28. The van der Waals surface area contributed by atoms with Gasteiger partial charge in [0.2, 0.25) is 0 Å². The molecule has 2 N–H and O–H groups in total. The van der Waals surface area contributed by atoms with E-state index in [1.165, 1.54) is 24.3 Å². The summed E-state index contributed by atoms with van der Waals surface area (Å²) >= 11 is 0. The lowest BCUT2D eigenvalue weighted by atomic mass is 10.1. The molecule has 1 atom stereocenters. The van der Waals surface area contributed by atoms with Crippen molar-refractivity contribution in [3.63, 3.8) is 0 Å². The number of nitrogens with one attached hydrogen (secondary N) is 1. The molecule has 1 aromatic carbocycles. The van der Waals surface area contributed by atoms with Gasteiger partial charge in [-0.3, -0.25) is 4.79 Å². The predicted octanol–water partition coefficient (Wildman–Crippen LogP) is 1.75. The van der Waals surface area contributed by atoms with Gasteiger partial charge in [0.05, 0.1) is 11.7 Å². The SMILES string of the molecule is CNC(=O)c1cccnc1N(C)C[C@@H](O)c1ccc(F)cc1. The number of carbonyl (C=O) groups is 1. The first-order chi connectivity index (χ1) is 10.5. The molecule has 0 bridgehead atoms. The van der Waals surface area contributed by atoms with E-state index in [-0.39, 0.29) is 18.3 Å². The Kier molecular flexibility index (Phi) is 5.06. The van der Waals surface area contributed by atoms with Crippen LogP contribution in [0.5, 0.6) is 0 Å². The number of pyridine rings is 1. The van der Waals surface area contributed by atoms with Crippen molar-refractivity contribution in [3.05, 3.63) is 59.5 Å². The second-order valence-electron chi connectivity index (χ2n) is 4.90. The smallest absolute Gasteiger partial charge is 0.254 e. The quantitative estimate of drug-likeness (QED) is 0.883. The minimum atomic E-state index is -0.815. The highest BCUT2D eigenvalue weighted by Gasteiger charge is 2.17. The molecule has 22 heavy (non-hydrogen) atoms. The summed E-state index contributed by atoms with van der Waals surface area (Å²) in [5.41, 5.74) is 1.03. The van der Waals surface area contributed by atoms with Crippen molar-refractivity contribution in [1.29, 1.82) is 0 Å². The summed E-state index contributed by atoms with van der Waals surface area (Å²) in [5.74, 6) is -0.120. The van der Waals surface area contributed by atoms with E-state index in [0.717, 1.165) is 0 Å². The van der Waals surface area contributed by atoms with E-state index >= 15 is 0 Å². The monoisotopic (exact) mass is 303 g/mol. The number of halogens is 1. The average Bonchev–Trinajstić information content (AvgIpc) is 2.54. The van der Waals surface area contributed by atoms with Gasteiger partial charge in [0.15, 0.2) is 0 Å². The number of amides is 1. The molecule has 0 fully saturated rings. The zero-order valence-electron chi connectivity index (χ0n) is 12.5. The number of aromatic nitrogens is 1. The molecule has 0 spiro atoms. The first-order valence-electron chi connectivity index (χ1n) is 6.84. The third kappa shape index (κ3) is 3.59. The minimum Gasteiger partial charge on any atom is -0.387 e. The topological polar surface area (TPSA) is 65.5 Å². The molecule has 2 aromatic rings. The van der Waals surface area contributed by atoms with Crippen molar-refractivity contribution in [2.45, 2.75) is 6.10 Å². The van der Waals surface area contributed by atoms with E-state index in [9.17, 15) is 14.3 Å². The first kappa shape index (κ1) is 15.9. The number of aliphatic hydroxyl groups excluding tert-OH is 1. The van der Waals surface area contributed by atoms with Crippen LogP contribution in [0, 0.1) is 5.82 Å². The molecular formula is C16H18FN3O2. The summed E-state index contributed by atoms with van der Waals surface area (Å²) in [7, 11) is 3.29. The van der Waals surface area contributed by atoms with E-state index in [1.54, 1.807) is 37.3 Å². The Bertz CT molecular complexity index is 646. The molecule has 0 aliphatic carbocycles. The van der Waals surface area contributed by atoms with Crippen LogP contribution in [-0.2, 0) is 0 Å². The number of benzene rings is 1. The molecule has 5 nitrogen and oxygen atoms in total. The first-order valence-corrected chi connectivity index (χ1v) is 6.84. The van der Waals surface area contributed by atoms with E-state index in [0.29, 0.717) is 16.9 Å². The molecule has 0 radical (unpaired) electrons. The Labute approximate surface area is 128 Å². The van der Waals surface area contributed by atoms with Crippen molar-refractivity contribution >= 4 is 11.7 Å². The van der Waals surface area contributed by atoms with Crippen molar-refractivity contribution in [3.8, 4) is 0 Å². The molecule has 116 valence electrons. The van der Waals surface area contributed by atoms with Crippen molar-refractivity contribution in [2.75, 3.05) is 25.5 Å². The second kappa shape index (κ2) is 7.00. The van der Waals surface area contributed by atoms with Gasteiger partial charge in [-0.1, -0.05) is 12.1 Å². The lowest BCUT2D eigenvalue weighted by molar-refractivity contribution is 0.0963. The fourth-order valence-electron chi connectivity index (χ4n) is 2.15. The van der Waals surface area contributed by atoms with Crippen LogP contribution < -0.4 is 10.2 Å². The number of rotatable bonds is 5. The number of nitrogens with zero attached hydrogens (tertiary/aromatic N) is 2. The largest absolute Gasteiger partial charge is 0.387 e. The maximum absolute atomic E-state index is 12.9. The number of anilines is 1. The maximum Gasteiger partial charge on any atom is 0.254 e. The third-order valence-electron chi connectivity index (χ3n) is 3.32. The average molecular weight is 303 g/mol. The van der Waals surface area contributed by atoms with Crippen LogP contribution in [0.2, 0.25) is 0 Å². The highest BCUT2D eigenvalue weighted by molar-refractivity contribution is 5.98. The molecule has 1 amide bonds. The highest BCUT2D eigenvalue weighted by atomic mass is 19.1. The fraction of sp³-hybridized carbons (Fsp3) is 0.250. The number of carbonyl (C=O) groups excluding carboxylic acids is 1. The van der Waals surface area contributed by atoms with Gasteiger partial charge in [0, 0.05) is 26.8 Å². The van der Waals surface area contributed by atoms with E-state index in [2.05, 4.69) is 10.3 Å². The van der Waals surface area contributed by atoms with Crippen LogP contribution in [0.3, 0.4) is 0 Å². The number of aliphatic hydroxyl groups is 1. The van der Waals surface area contributed by atoms with Gasteiger partial charge in [-0.05, 0) is 29.8 Å². The number of hydrogen-bond acceptors (Lipinski definition) is 4. The van der Waals surface area contributed by atoms with E-state index < -0.39 is 6.10 Å². The number of hydrogen-bond donors (Lipinski definition) is 2. The maximum atomic E-state index is 12.9. The Balaban J connectivity index is 2.17. The van der Waals surface area contributed by atoms with Gasteiger partial charge in [-0.2, -0.15) is 0 Å². The van der Waals surface area contributed by atoms with Crippen LogP contribution in [0.4, 0.5) is 10.2 Å². The molecule has 1 heterocycles. The van der Waals surface area contributed by atoms with Gasteiger partial charge in [-0.15, -0.1) is 0 Å². The summed E-state index contributed by atoms with van der Waals surface area (Å²) in [6.45, 7) is 0.229. The summed E-state index contributed by atoms with van der Waals surface area (Å²) < 4.78 is 12.9. The predicted molar refractivity (Wildman–Crippen MR) is 82.3 cm³/mol. The van der Waals surface area contributed by atoms with Gasteiger partial charge in [0.1, 0.15) is 11.6 Å². The van der Waals surface area contributed by atoms with Crippen LogP contribution in [0.25, 0.3) is 0 Å². The molecule has 6 heteroatoms. The summed E-state index contributed by atoms with van der Waals surface area (Å²) in [6, 6.07) is 9.02. The molecule has 0 unspecified atom stereocenters. The zero-order chi connectivity index (χ0) is 16.1. The Morgan fingerprint density at radius 3 is 2.68 bits per heavy atom. The summed E-state index contributed by atoms with van der Waals surface area (Å²) in [6.07, 6.45) is 0.771. The second-order valence-corrected chi connectivity index (χ2v) is 4.90. The molecular weight excluding hydrogens is 285 g/mol. The van der Waals surface area contributed by atoms with Gasteiger partial charge >= 0.3 is 0 Å². The Morgan fingerprint density at radius 2 is 2.05 bits per heavy atom. The van der Waals surface area contributed by atoms with E-state index in [4.69, 9.17) is 0 Å². The lowest BCUT2D eigenvalue weighted by Gasteiger charge is -2.23. The normalized spacial score (nSPS) is 11.8. The standard InChI is InChI=1S/C16H18FN3O2/c1-18-16(22)13-4-3-9-19-15(13)20(2)10-14(21)11-5-7-12(17)8-6-11/h3-9,14,21H,10H2,1-2H3,(H,18,22)/t14-/m1/s1. The molecule has 2 rings (SSSR count). The fourth-order valence-corrected chi connectivity index (χ4v) is 2.15. The van der Waals surface area contributed by atoms with Gasteiger partial charge in [0.25, 0.3) is 5.91 Å². The minimum absolute atomic E-state index is 0.229. The Hall–Kier alpha value is -2.47. The highest BCUT2D eigenvalue weighted by Crippen LogP contribution is 2.20. The van der Waals surface area contributed by atoms with Crippen molar-refractivity contribution in [1.82, 2.24) is 10.3 Å². The van der Waals surface area contributed by atoms with Gasteiger partial charge in [-0.25, -0.2) is 9.37 Å². The van der Waals surface area contributed by atoms with Crippen LogP contribution in [0.15, 0.2) is 42.6 Å². The molecule has 0 saturated carbocycles. The van der Waals surface area contributed by atoms with E-state index in [1.807, 2.05) is 0 Å². The molecule has 0 saturated heterocycles. The van der Waals surface area contributed by atoms with Crippen molar-refractivity contribution < 1.29 is 14.3 Å². The van der Waals surface area contributed by atoms with Crippen LogP contribution in [-0.4, -0.2) is 36.6 Å². The molecule has 0 aliphatic heterocycles. The Morgan fingerprint density at radius 1 is 1.36 bits per heavy atom. The van der Waals surface area contributed by atoms with Crippen LogP contribution in [0.1, 0.15) is 22.0 Å².